The summed E-state index contributed by atoms with van der Waals surface area (Å²) in [6, 6.07) is 10.7. The zero-order chi connectivity index (χ0) is 29.5. The summed E-state index contributed by atoms with van der Waals surface area (Å²) >= 11 is 12.6. The summed E-state index contributed by atoms with van der Waals surface area (Å²) in [4.78, 5) is 32.7. The molecule has 42 heavy (non-hydrogen) atoms. The molecule has 2 aromatic carbocycles. The maximum absolute atomic E-state index is 13.8. The Bertz CT molecular complexity index is 1610. The topological polar surface area (TPSA) is 94.3 Å². The van der Waals surface area contributed by atoms with Crippen molar-refractivity contribution in [2.45, 2.75) is 56.2 Å². The minimum atomic E-state index is -1.44. The van der Waals surface area contributed by atoms with Crippen molar-refractivity contribution < 1.29 is 13.8 Å². The molecule has 1 saturated carbocycles. The van der Waals surface area contributed by atoms with E-state index in [0.29, 0.717) is 48.6 Å². The van der Waals surface area contributed by atoms with Crippen LogP contribution in [0.2, 0.25) is 10.0 Å². The maximum atomic E-state index is 13.8. The number of nitrogens with zero attached hydrogens (tertiary/aromatic N) is 1. The van der Waals surface area contributed by atoms with Gasteiger partial charge < -0.3 is 20.5 Å². The summed E-state index contributed by atoms with van der Waals surface area (Å²) in [7, 11) is -1.44. The molecule has 6 rings (SSSR count). The fourth-order valence-electron chi connectivity index (χ4n) is 5.96. The van der Waals surface area contributed by atoms with Gasteiger partial charge in [0.15, 0.2) is 0 Å². The maximum Gasteiger partial charge on any atom is 0.256 e. The highest BCUT2D eigenvalue weighted by molar-refractivity contribution is 7.84. The highest BCUT2D eigenvalue weighted by Gasteiger charge is 2.33. The van der Waals surface area contributed by atoms with Crippen molar-refractivity contribution in [2.24, 2.45) is 5.92 Å². The Hall–Kier alpha value is -2.91. The van der Waals surface area contributed by atoms with Crippen molar-refractivity contribution in [1.82, 2.24) is 15.2 Å². The van der Waals surface area contributed by atoms with E-state index in [1.807, 2.05) is 18.7 Å². The molecule has 3 aliphatic rings. The van der Waals surface area contributed by atoms with Gasteiger partial charge in [0.25, 0.3) is 11.8 Å². The lowest BCUT2D eigenvalue weighted by molar-refractivity contribution is -0.110. The molecule has 3 heterocycles. The van der Waals surface area contributed by atoms with Crippen LogP contribution in [0.4, 0.5) is 5.69 Å². The molecular formula is C32H34Cl2N4O3S. The molecule has 2 atom stereocenters. The van der Waals surface area contributed by atoms with Gasteiger partial charge in [-0.25, -0.2) is 0 Å². The van der Waals surface area contributed by atoms with Gasteiger partial charge in [0.1, 0.15) is 0 Å². The molecule has 2 amide bonds. The Morgan fingerprint density at radius 3 is 2.62 bits per heavy atom. The van der Waals surface area contributed by atoms with Crippen molar-refractivity contribution in [3.05, 3.63) is 80.1 Å². The van der Waals surface area contributed by atoms with Crippen LogP contribution in [0, 0.1) is 19.8 Å². The minimum Gasteiger partial charge on any atom is -0.358 e. The zero-order valence-electron chi connectivity index (χ0n) is 23.7. The van der Waals surface area contributed by atoms with E-state index < -0.39 is 10.8 Å². The van der Waals surface area contributed by atoms with Gasteiger partial charge >= 0.3 is 0 Å². The quantitative estimate of drug-likeness (QED) is 0.242. The highest BCUT2D eigenvalue weighted by atomic mass is 35.5. The zero-order valence-corrected chi connectivity index (χ0v) is 26.0. The Balaban J connectivity index is 1.24. The normalized spacial score (nSPS) is 19.8. The van der Waals surface area contributed by atoms with Crippen LogP contribution in [0.15, 0.2) is 41.3 Å². The summed E-state index contributed by atoms with van der Waals surface area (Å²) < 4.78 is 13.3. The summed E-state index contributed by atoms with van der Waals surface area (Å²) in [5, 5.41) is 7.40. The number of aromatic amines is 1. The first-order valence-electron chi connectivity index (χ1n) is 14.4. The summed E-state index contributed by atoms with van der Waals surface area (Å²) in [5.74, 6) is 0.748. The fourth-order valence-corrected chi connectivity index (χ4v) is 7.85. The van der Waals surface area contributed by atoms with Crippen LogP contribution in [-0.4, -0.2) is 51.6 Å². The van der Waals surface area contributed by atoms with Crippen LogP contribution >= 0.6 is 23.2 Å². The number of aromatic nitrogens is 1. The first-order valence-corrected chi connectivity index (χ1v) is 16.5. The summed E-state index contributed by atoms with van der Waals surface area (Å²) in [5.41, 5.74) is 5.37. The molecule has 220 valence electrons. The molecule has 7 nitrogen and oxygen atoms in total. The molecule has 0 spiro atoms. The Kier molecular flexibility index (Phi) is 8.33. The van der Waals surface area contributed by atoms with Gasteiger partial charge in [0, 0.05) is 62.3 Å². The lowest BCUT2D eigenvalue weighted by Gasteiger charge is -2.25. The number of fused-ring (bicyclic) bond motifs is 1. The second-order valence-corrected chi connectivity index (χ2v) is 13.7. The Morgan fingerprint density at radius 1 is 1.12 bits per heavy atom. The van der Waals surface area contributed by atoms with Crippen molar-refractivity contribution in [3.63, 3.8) is 0 Å². The number of aryl methyl sites for hydroxylation is 1. The van der Waals surface area contributed by atoms with Crippen molar-refractivity contribution in [2.75, 3.05) is 25.0 Å². The molecule has 2 aliphatic heterocycles. The van der Waals surface area contributed by atoms with E-state index in [1.165, 1.54) is 12.8 Å². The monoisotopic (exact) mass is 624 g/mol. The molecular weight excluding hydrogens is 591 g/mol. The third-order valence-electron chi connectivity index (χ3n) is 8.50. The van der Waals surface area contributed by atoms with E-state index in [9.17, 15) is 13.8 Å². The number of benzene rings is 2. The van der Waals surface area contributed by atoms with E-state index in [0.717, 1.165) is 49.7 Å². The van der Waals surface area contributed by atoms with Crippen LogP contribution in [0.25, 0.3) is 11.6 Å². The van der Waals surface area contributed by atoms with Crippen LogP contribution < -0.4 is 10.6 Å². The molecule has 1 aromatic heterocycles. The van der Waals surface area contributed by atoms with Crippen molar-refractivity contribution in [3.8, 4) is 0 Å². The van der Waals surface area contributed by atoms with Gasteiger partial charge in [-0.15, -0.1) is 0 Å². The van der Waals surface area contributed by atoms with Crippen LogP contribution in [0.5, 0.6) is 0 Å². The number of rotatable bonds is 9. The van der Waals surface area contributed by atoms with Gasteiger partial charge in [-0.2, -0.15) is 0 Å². The second kappa shape index (κ2) is 12.0. The number of nitrogens with one attached hydrogen (secondary N) is 3. The lowest BCUT2D eigenvalue weighted by atomic mass is 10.0. The standard InChI is InChI=1S/C32H34Cl2N4O3S/c1-18-29(36-19(2)30(18)32(40)38-12-4-5-21(38)16-35-15-20-8-9-20)14-24-23-13-22(10-11-28(23)37-31(24)39)42(41)17-25-26(33)6-3-7-27(25)34/h3,6-7,10-11,13-14,20-21,35-36H,4-5,8-9,12,15-17H2,1-2H3,(H,37,39)/b24-14-/t21-,42?/m0/s1. The largest absolute Gasteiger partial charge is 0.358 e. The smallest absolute Gasteiger partial charge is 0.256 e. The number of H-pyrrole nitrogens is 1. The highest BCUT2D eigenvalue weighted by Crippen LogP contribution is 2.37. The molecule has 1 aliphatic carbocycles. The number of carbonyl (C=O) groups excluding carboxylic acids is 2. The summed E-state index contributed by atoms with van der Waals surface area (Å²) in [6.45, 7) is 6.44. The van der Waals surface area contributed by atoms with E-state index in [1.54, 1.807) is 42.5 Å². The average molecular weight is 626 g/mol. The minimum absolute atomic E-state index is 0.0359. The van der Waals surface area contributed by atoms with Crippen LogP contribution in [-0.2, 0) is 21.3 Å². The predicted molar refractivity (Wildman–Crippen MR) is 169 cm³/mol. The molecule has 1 saturated heterocycles. The average Bonchev–Trinajstić information content (AvgIpc) is 3.46. The lowest BCUT2D eigenvalue weighted by Crippen LogP contribution is -2.42. The van der Waals surface area contributed by atoms with Gasteiger partial charge in [0.05, 0.1) is 27.7 Å². The van der Waals surface area contributed by atoms with Crippen LogP contribution in [0.3, 0.4) is 0 Å². The SMILES string of the molecule is Cc1[nH]c(/C=C2\C(=O)Nc3ccc(S(=O)Cc4c(Cl)cccc4Cl)cc32)c(C)c1C(=O)N1CCC[C@H]1CNCC1CC1. The molecule has 0 radical (unpaired) electrons. The van der Waals surface area contributed by atoms with Gasteiger partial charge in [0.2, 0.25) is 0 Å². The first kappa shape index (κ1) is 29.2. The van der Waals surface area contributed by atoms with Crippen LogP contribution in [0.1, 0.15) is 64.1 Å². The van der Waals surface area contributed by atoms with Gasteiger partial charge in [-0.05, 0) is 94.0 Å². The molecule has 3 aromatic rings. The number of hydrogen-bond donors (Lipinski definition) is 3. The second-order valence-electron chi connectivity index (χ2n) is 11.5. The molecule has 2 fully saturated rings. The summed E-state index contributed by atoms with van der Waals surface area (Å²) in [6.07, 6.45) is 6.41. The molecule has 1 unspecified atom stereocenters. The molecule has 3 N–H and O–H groups in total. The van der Waals surface area contributed by atoms with E-state index in [4.69, 9.17) is 23.2 Å². The van der Waals surface area contributed by atoms with Gasteiger partial charge in [-0.3, -0.25) is 13.8 Å². The van der Waals surface area contributed by atoms with Crippen molar-refractivity contribution in [1.29, 1.82) is 0 Å². The van der Waals surface area contributed by atoms with Crippen molar-refractivity contribution >= 4 is 63.2 Å². The third-order valence-corrected chi connectivity index (χ3v) is 10.5. The number of hydrogen-bond acceptors (Lipinski definition) is 4. The first-order chi connectivity index (χ1) is 20.2. The van der Waals surface area contributed by atoms with E-state index in [-0.39, 0.29) is 23.6 Å². The third kappa shape index (κ3) is 5.82. The number of halogens is 2. The predicted octanol–water partition coefficient (Wildman–Crippen LogP) is 6.34. The Morgan fingerprint density at radius 2 is 1.88 bits per heavy atom. The van der Waals surface area contributed by atoms with E-state index in [2.05, 4.69) is 15.6 Å². The number of likely N-dealkylation sites (tertiary alicyclic amines) is 1. The Labute approximate surface area is 258 Å². The molecule has 10 heteroatoms. The van der Waals surface area contributed by atoms with E-state index >= 15 is 0 Å². The number of anilines is 1. The number of carbonyl (C=O) groups is 2. The van der Waals surface area contributed by atoms with Gasteiger partial charge in [-0.1, -0.05) is 29.3 Å². The molecule has 0 bridgehead atoms. The fraction of sp³-hybridized carbons (Fsp3) is 0.375. The number of amides is 2.